The van der Waals surface area contributed by atoms with Crippen LogP contribution in [0.4, 0.5) is 0 Å². The van der Waals surface area contributed by atoms with Gasteiger partial charge in [0.2, 0.25) is 0 Å². The fraction of sp³-hybridized carbons (Fsp3) is 0. The van der Waals surface area contributed by atoms with Crippen LogP contribution in [-0.4, -0.2) is 9.55 Å². The Labute approximate surface area is 269 Å². The highest BCUT2D eigenvalue weighted by Gasteiger charge is 2.21. The van der Waals surface area contributed by atoms with Gasteiger partial charge in [-0.1, -0.05) is 109 Å². The van der Waals surface area contributed by atoms with Gasteiger partial charge in [0.15, 0.2) is 0 Å². The molecule has 10 rings (SSSR count). The first-order valence-corrected chi connectivity index (χ1v) is 15.8. The van der Waals surface area contributed by atoms with Crippen molar-refractivity contribution in [2.45, 2.75) is 0 Å². The van der Waals surface area contributed by atoms with Crippen molar-refractivity contribution in [2.24, 2.45) is 0 Å². The molecule has 0 unspecified atom stereocenters. The van der Waals surface area contributed by atoms with Crippen LogP contribution in [-0.2, 0) is 0 Å². The van der Waals surface area contributed by atoms with E-state index in [-0.39, 0.29) is 0 Å². The molecule has 0 spiro atoms. The third-order valence-corrected chi connectivity index (χ3v) is 9.20. The van der Waals surface area contributed by atoms with Gasteiger partial charge in [-0.05, 0) is 65.2 Å². The zero-order valence-electron chi connectivity index (χ0n) is 25.2. The molecular weight excluding hydrogens is 576 g/mol. The van der Waals surface area contributed by atoms with Crippen molar-refractivity contribution < 1.29 is 8.83 Å². The second kappa shape index (κ2) is 10.1. The zero-order chi connectivity index (χ0) is 30.9. The Balaban J connectivity index is 1.17. The summed E-state index contributed by atoms with van der Waals surface area (Å²) in [6.45, 7) is 0. The molecule has 0 atom stereocenters. The number of furan rings is 2. The van der Waals surface area contributed by atoms with Crippen molar-refractivity contribution in [1.82, 2.24) is 9.55 Å². The lowest BCUT2D eigenvalue weighted by molar-refractivity contribution is 0.663. The van der Waals surface area contributed by atoms with Gasteiger partial charge in [-0.2, -0.15) is 0 Å². The van der Waals surface area contributed by atoms with Gasteiger partial charge in [0.25, 0.3) is 0 Å². The fourth-order valence-electron chi connectivity index (χ4n) is 7.02. The Kier molecular flexibility index (Phi) is 5.54. The van der Waals surface area contributed by atoms with Crippen LogP contribution < -0.4 is 0 Å². The molecule has 3 aromatic heterocycles. The minimum Gasteiger partial charge on any atom is -0.455 e. The van der Waals surface area contributed by atoms with Crippen molar-refractivity contribution in [3.05, 3.63) is 158 Å². The average molecular weight is 603 g/mol. The third-order valence-electron chi connectivity index (χ3n) is 9.20. The molecule has 0 aliphatic heterocycles. The maximum Gasteiger partial charge on any atom is 0.147 e. The van der Waals surface area contributed by atoms with Crippen LogP contribution in [0.5, 0.6) is 0 Å². The van der Waals surface area contributed by atoms with Gasteiger partial charge in [-0.25, -0.2) is 4.98 Å². The van der Waals surface area contributed by atoms with Crippen LogP contribution >= 0.6 is 0 Å². The predicted molar refractivity (Wildman–Crippen MR) is 192 cm³/mol. The molecule has 4 heteroatoms. The van der Waals surface area contributed by atoms with Crippen LogP contribution in [0.3, 0.4) is 0 Å². The summed E-state index contributed by atoms with van der Waals surface area (Å²) in [5.74, 6) is 0.922. The number of fused-ring (bicyclic) bond motifs is 8. The SMILES string of the molecule is c1ccc(-c2nc3cc(-c4cccc(-c5cc6c7ccccc7oc6c6c5oc5ccccc56)c4)ccc3n2-c2ccccc2)cc1. The molecule has 0 aliphatic carbocycles. The summed E-state index contributed by atoms with van der Waals surface area (Å²) >= 11 is 0. The Morgan fingerprint density at radius 2 is 1.09 bits per heavy atom. The Morgan fingerprint density at radius 3 is 1.91 bits per heavy atom. The van der Waals surface area contributed by atoms with E-state index in [0.717, 1.165) is 94.2 Å². The number of hydrogen-bond donors (Lipinski definition) is 0. The molecule has 0 N–H and O–H groups in total. The Bertz CT molecular complexity index is 2790. The number of benzene rings is 7. The number of rotatable bonds is 4. The van der Waals surface area contributed by atoms with Gasteiger partial charge in [0.1, 0.15) is 28.2 Å². The van der Waals surface area contributed by atoms with E-state index in [2.05, 4.69) is 126 Å². The van der Waals surface area contributed by atoms with Crippen LogP contribution in [0.15, 0.2) is 167 Å². The van der Waals surface area contributed by atoms with Crippen LogP contribution in [0.25, 0.3) is 94.2 Å². The molecular formula is C43H26N2O2. The molecule has 0 bridgehead atoms. The Hall–Kier alpha value is -6.39. The summed E-state index contributed by atoms with van der Waals surface area (Å²) in [6, 6.07) is 54.8. The van der Waals surface area contributed by atoms with Crippen molar-refractivity contribution in [3.63, 3.8) is 0 Å². The predicted octanol–water partition coefficient (Wildman–Crippen LogP) is 11.8. The third kappa shape index (κ3) is 3.98. The number of hydrogen-bond acceptors (Lipinski definition) is 3. The van der Waals surface area contributed by atoms with Crippen LogP contribution in [0, 0.1) is 0 Å². The molecule has 0 aliphatic rings. The van der Waals surface area contributed by atoms with Crippen LogP contribution in [0.2, 0.25) is 0 Å². The highest BCUT2D eigenvalue weighted by molar-refractivity contribution is 6.25. The van der Waals surface area contributed by atoms with E-state index in [0.29, 0.717) is 0 Å². The van der Waals surface area contributed by atoms with E-state index in [1.165, 1.54) is 0 Å². The topological polar surface area (TPSA) is 44.1 Å². The minimum absolute atomic E-state index is 0.833. The first kappa shape index (κ1) is 25.9. The minimum atomic E-state index is 0.833. The number of para-hydroxylation sites is 3. The van der Waals surface area contributed by atoms with E-state index in [4.69, 9.17) is 13.8 Å². The lowest BCUT2D eigenvalue weighted by Gasteiger charge is -2.10. The lowest BCUT2D eigenvalue weighted by Crippen LogP contribution is -1.97. The van der Waals surface area contributed by atoms with Crippen LogP contribution in [0.1, 0.15) is 0 Å². The van der Waals surface area contributed by atoms with Crippen molar-refractivity contribution >= 4 is 54.9 Å². The molecule has 10 aromatic rings. The van der Waals surface area contributed by atoms with Gasteiger partial charge >= 0.3 is 0 Å². The molecule has 3 heterocycles. The van der Waals surface area contributed by atoms with Gasteiger partial charge in [0, 0.05) is 33.0 Å². The summed E-state index contributed by atoms with van der Waals surface area (Å²) in [7, 11) is 0. The molecule has 0 amide bonds. The fourth-order valence-corrected chi connectivity index (χ4v) is 7.02. The molecule has 0 radical (unpaired) electrons. The maximum atomic E-state index is 6.57. The maximum absolute atomic E-state index is 6.57. The number of imidazole rings is 1. The molecule has 47 heavy (non-hydrogen) atoms. The zero-order valence-corrected chi connectivity index (χ0v) is 25.2. The first-order valence-electron chi connectivity index (χ1n) is 15.8. The molecule has 0 saturated heterocycles. The lowest BCUT2D eigenvalue weighted by atomic mass is 9.95. The molecule has 220 valence electrons. The average Bonchev–Trinajstić information content (AvgIpc) is 3.83. The Morgan fingerprint density at radius 1 is 0.447 bits per heavy atom. The van der Waals surface area contributed by atoms with E-state index in [1.54, 1.807) is 0 Å². The summed E-state index contributed by atoms with van der Waals surface area (Å²) in [4.78, 5) is 5.19. The van der Waals surface area contributed by atoms with E-state index < -0.39 is 0 Å². The first-order chi connectivity index (χ1) is 23.3. The standard InChI is InChI=1S/C43H26N2O2/c1-3-12-27(13-4-1)43-44-36-25-29(22-23-37(36)45(43)31-16-5-2-6-17-31)28-14-11-15-30(24-28)34-26-35-32-18-7-9-20-38(32)46-42(35)40-33-19-8-10-21-39(33)47-41(34)40/h1-26H. The van der Waals surface area contributed by atoms with Gasteiger partial charge < -0.3 is 8.83 Å². The highest BCUT2D eigenvalue weighted by atomic mass is 16.3. The molecule has 0 fully saturated rings. The molecule has 7 aromatic carbocycles. The summed E-state index contributed by atoms with van der Waals surface area (Å²) in [6.07, 6.45) is 0. The van der Waals surface area contributed by atoms with Crippen molar-refractivity contribution in [1.29, 1.82) is 0 Å². The van der Waals surface area contributed by atoms with Gasteiger partial charge in [0.05, 0.1) is 16.4 Å². The van der Waals surface area contributed by atoms with Crippen molar-refractivity contribution in [2.75, 3.05) is 0 Å². The monoisotopic (exact) mass is 602 g/mol. The summed E-state index contributed by atoms with van der Waals surface area (Å²) in [5.41, 5.74) is 11.9. The summed E-state index contributed by atoms with van der Waals surface area (Å²) < 4.78 is 15.3. The van der Waals surface area contributed by atoms with Crippen molar-refractivity contribution in [3.8, 4) is 39.3 Å². The second-order valence-corrected chi connectivity index (χ2v) is 12.0. The van der Waals surface area contributed by atoms with Gasteiger partial charge in [-0.15, -0.1) is 0 Å². The normalized spacial score (nSPS) is 11.8. The molecule has 4 nitrogen and oxygen atoms in total. The largest absolute Gasteiger partial charge is 0.455 e. The molecule has 0 saturated carbocycles. The quantitative estimate of drug-likeness (QED) is 0.201. The van der Waals surface area contributed by atoms with E-state index in [9.17, 15) is 0 Å². The number of nitrogens with zero attached hydrogens (tertiary/aromatic N) is 2. The van der Waals surface area contributed by atoms with E-state index >= 15 is 0 Å². The number of aromatic nitrogens is 2. The second-order valence-electron chi connectivity index (χ2n) is 12.0. The van der Waals surface area contributed by atoms with E-state index in [1.807, 2.05) is 36.4 Å². The summed E-state index contributed by atoms with van der Waals surface area (Å²) in [5, 5.41) is 4.25. The van der Waals surface area contributed by atoms with Gasteiger partial charge in [-0.3, -0.25) is 4.57 Å². The highest BCUT2D eigenvalue weighted by Crippen LogP contribution is 2.44. The smallest absolute Gasteiger partial charge is 0.147 e.